The van der Waals surface area contributed by atoms with Gasteiger partial charge in [-0.15, -0.1) is 11.3 Å². The van der Waals surface area contributed by atoms with Crippen molar-refractivity contribution in [3.63, 3.8) is 0 Å². The van der Waals surface area contributed by atoms with Crippen LogP contribution in [0.3, 0.4) is 0 Å². The van der Waals surface area contributed by atoms with Gasteiger partial charge in [-0.2, -0.15) is 5.26 Å². The number of nitrogens with one attached hydrogen (secondary N) is 1. The minimum absolute atomic E-state index is 0.0276. The predicted molar refractivity (Wildman–Crippen MR) is 130 cm³/mol. The first-order valence-electron chi connectivity index (χ1n) is 11.1. The lowest BCUT2D eigenvalue weighted by molar-refractivity contribution is -0.116. The van der Waals surface area contributed by atoms with Crippen molar-refractivity contribution in [1.29, 1.82) is 5.26 Å². The largest absolute Gasteiger partial charge is 0.379 e. The van der Waals surface area contributed by atoms with Crippen LogP contribution in [0, 0.1) is 22.7 Å². The van der Waals surface area contributed by atoms with Gasteiger partial charge in [0.1, 0.15) is 17.6 Å². The number of hydrogen-bond acceptors (Lipinski definition) is 8. The number of thiophene rings is 1. The number of benzene rings is 1. The highest BCUT2D eigenvalue weighted by molar-refractivity contribution is 7.16. The molecule has 1 amide bonds. The van der Waals surface area contributed by atoms with Crippen molar-refractivity contribution < 1.29 is 9.42 Å². The Morgan fingerprint density at radius 2 is 2.15 bits per heavy atom. The third-order valence-corrected chi connectivity index (χ3v) is 7.71. The number of carbonyl (C=O) groups is 1. The maximum Gasteiger partial charge on any atom is 0.245 e. The first-order valence-corrected chi connectivity index (χ1v) is 12.0. The van der Waals surface area contributed by atoms with Crippen molar-refractivity contribution in [2.24, 2.45) is 11.3 Å². The van der Waals surface area contributed by atoms with Crippen LogP contribution in [-0.4, -0.2) is 25.8 Å². The van der Waals surface area contributed by atoms with E-state index in [1.54, 1.807) is 4.57 Å². The summed E-state index contributed by atoms with van der Waals surface area (Å²) in [5.41, 5.74) is 9.50. The fraction of sp³-hybridized carbons (Fsp3) is 0.375. The van der Waals surface area contributed by atoms with E-state index >= 15 is 0 Å². The summed E-state index contributed by atoms with van der Waals surface area (Å²) in [5.74, 6) is 0.786. The maximum absolute atomic E-state index is 13.2. The fourth-order valence-electron chi connectivity index (χ4n) is 4.61. The van der Waals surface area contributed by atoms with E-state index in [2.05, 4.69) is 47.5 Å². The lowest BCUT2D eigenvalue weighted by Gasteiger charge is -2.33. The normalized spacial score (nSPS) is 15.8. The number of para-hydroxylation sites is 2. The van der Waals surface area contributed by atoms with Gasteiger partial charge in [-0.25, -0.2) is 9.61 Å². The van der Waals surface area contributed by atoms with Crippen LogP contribution in [0.4, 0.5) is 10.8 Å². The van der Waals surface area contributed by atoms with Crippen molar-refractivity contribution in [2.75, 3.05) is 11.1 Å². The highest BCUT2D eigenvalue weighted by atomic mass is 32.1. The van der Waals surface area contributed by atoms with Gasteiger partial charge < -0.3 is 15.6 Å². The number of rotatable bonds is 4. The molecule has 0 radical (unpaired) electrons. The third-order valence-electron chi connectivity index (χ3n) is 6.54. The molecule has 1 unspecified atom stereocenters. The molecule has 0 fully saturated rings. The first-order chi connectivity index (χ1) is 16.3. The molecule has 0 saturated carbocycles. The number of nitrogens with zero attached hydrogens (tertiary/aromatic N) is 5. The molecule has 9 nitrogen and oxygen atoms in total. The van der Waals surface area contributed by atoms with Gasteiger partial charge in [-0.1, -0.05) is 32.9 Å². The number of hydrogen-bond donors (Lipinski definition) is 2. The zero-order chi connectivity index (χ0) is 24.0. The summed E-state index contributed by atoms with van der Waals surface area (Å²) < 4.78 is 6.48. The topological polar surface area (TPSA) is 136 Å². The minimum Gasteiger partial charge on any atom is -0.379 e. The lowest BCUT2D eigenvalue weighted by atomic mass is 9.72. The summed E-state index contributed by atoms with van der Waals surface area (Å²) >= 11 is 1.52. The highest BCUT2D eigenvalue weighted by Crippen LogP contribution is 2.44. The predicted octanol–water partition coefficient (Wildman–Crippen LogP) is 4.39. The van der Waals surface area contributed by atoms with Crippen LogP contribution in [0.1, 0.15) is 43.2 Å². The van der Waals surface area contributed by atoms with Crippen LogP contribution in [0.25, 0.3) is 22.6 Å². The number of amides is 1. The Morgan fingerprint density at radius 1 is 1.35 bits per heavy atom. The number of nitrogen functional groups attached to an aromatic ring is 1. The summed E-state index contributed by atoms with van der Waals surface area (Å²) in [5, 5.41) is 20.9. The van der Waals surface area contributed by atoms with Gasteiger partial charge in [-0.05, 0) is 58.6 Å². The molecule has 4 aromatic rings. The Morgan fingerprint density at radius 3 is 2.85 bits per heavy atom. The zero-order valence-electron chi connectivity index (χ0n) is 19.3. The number of nitriles is 1. The molecule has 34 heavy (non-hydrogen) atoms. The van der Waals surface area contributed by atoms with Crippen molar-refractivity contribution >= 4 is 39.1 Å². The Kier molecular flexibility index (Phi) is 5.37. The van der Waals surface area contributed by atoms with Gasteiger partial charge in [0.2, 0.25) is 5.91 Å². The summed E-state index contributed by atoms with van der Waals surface area (Å²) in [7, 11) is 0. The van der Waals surface area contributed by atoms with E-state index in [0.717, 1.165) is 30.3 Å². The van der Waals surface area contributed by atoms with E-state index in [1.807, 2.05) is 24.3 Å². The molecule has 10 heteroatoms. The number of carbonyl (C=O) groups excluding carboxylic acids is 1. The quantitative estimate of drug-likeness (QED) is 0.447. The average molecular weight is 476 g/mol. The monoisotopic (exact) mass is 475 g/mol. The van der Waals surface area contributed by atoms with Crippen LogP contribution in [0.5, 0.6) is 0 Å². The molecule has 0 bridgehead atoms. The van der Waals surface area contributed by atoms with E-state index in [4.69, 9.17) is 10.4 Å². The van der Waals surface area contributed by atoms with E-state index < -0.39 is 0 Å². The van der Waals surface area contributed by atoms with Crippen LogP contribution in [0.15, 0.2) is 28.9 Å². The van der Waals surface area contributed by atoms with Gasteiger partial charge in [0.25, 0.3) is 0 Å². The van der Waals surface area contributed by atoms with Crippen molar-refractivity contribution in [2.45, 2.75) is 46.6 Å². The van der Waals surface area contributed by atoms with E-state index in [-0.39, 0.29) is 29.4 Å². The van der Waals surface area contributed by atoms with Crippen molar-refractivity contribution in [1.82, 2.24) is 19.9 Å². The van der Waals surface area contributed by atoms with Crippen LogP contribution < -0.4 is 11.1 Å². The van der Waals surface area contributed by atoms with Crippen LogP contribution in [0.2, 0.25) is 0 Å². The zero-order valence-corrected chi connectivity index (χ0v) is 20.1. The number of nitrogens with two attached hydrogens (primary N) is 1. The molecule has 1 aliphatic rings. The molecular formula is C24H25N7O2S. The van der Waals surface area contributed by atoms with Crippen molar-refractivity contribution in [3.8, 4) is 17.6 Å². The van der Waals surface area contributed by atoms with Gasteiger partial charge in [0.15, 0.2) is 17.3 Å². The molecule has 1 aliphatic carbocycles. The van der Waals surface area contributed by atoms with E-state index in [1.165, 1.54) is 16.2 Å². The molecule has 0 aliphatic heterocycles. The summed E-state index contributed by atoms with van der Waals surface area (Å²) in [4.78, 5) is 19.0. The summed E-state index contributed by atoms with van der Waals surface area (Å²) in [6.07, 6.45) is 2.84. The molecule has 0 spiro atoms. The summed E-state index contributed by atoms with van der Waals surface area (Å²) in [6.45, 7) is 6.75. The second-order valence-corrected chi connectivity index (χ2v) is 10.8. The molecule has 0 saturated heterocycles. The van der Waals surface area contributed by atoms with Gasteiger partial charge >= 0.3 is 0 Å². The second-order valence-electron chi connectivity index (χ2n) is 9.68. The first kappa shape index (κ1) is 22.1. The Bertz CT molecular complexity index is 1430. The molecule has 3 N–H and O–H groups in total. The van der Waals surface area contributed by atoms with E-state index in [9.17, 15) is 10.1 Å². The van der Waals surface area contributed by atoms with Gasteiger partial charge in [0.05, 0.1) is 16.6 Å². The number of fused-ring (bicyclic) bond motifs is 2. The Balaban J connectivity index is 1.45. The molecule has 3 heterocycles. The molecular weight excluding hydrogens is 450 g/mol. The van der Waals surface area contributed by atoms with Gasteiger partial charge in [-0.3, -0.25) is 4.79 Å². The fourth-order valence-corrected chi connectivity index (χ4v) is 5.90. The molecule has 1 aromatic carbocycles. The average Bonchev–Trinajstić information content (AvgIpc) is 3.47. The third kappa shape index (κ3) is 3.82. The molecule has 1 atom stereocenters. The number of imidazole rings is 1. The molecule has 3 aromatic heterocycles. The standard InChI is InChI=1S/C24H25N7O2S/c1-24(2,3)13-8-9-14-15(11-25)23(34-18(14)10-13)28-19(32)12-31-17-7-5-4-6-16(17)27-22(31)20-21(26)30-33-29-20/h4-7,13H,8-10,12H2,1-3H3,(H2,26,30)(H,28,32). The minimum atomic E-state index is -0.262. The lowest BCUT2D eigenvalue weighted by Crippen LogP contribution is -2.26. The Hall–Kier alpha value is -3.71. The SMILES string of the molecule is CC(C)(C)C1CCc2c(sc(NC(=O)Cn3c(-c4nonc4N)nc4ccccc43)c2C#N)C1. The van der Waals surface area contributed by atoms with Crippen LogP contribution in [-0.2, 0) is 24.2 Å². The van der Waals surface area contributed by atoms with Crippen LogP contribution >= 0.6 is 11.3 Å². The number of aromatic nitrogens is 4. The smallest absolute Gasteiger partial charge is 0.245 e. The highest BCUT2D eigenvalue weighted by Gasteiger charge is 2.32. The van der Waals surface area contributed by atoms with E-state index in [0.29, 0.717) is 27.8 Å². The van der Waals surface area contributed by atoms with Crippen molar-refractivity contribution in [3.05, 3.63) is 40.3 Å². The summed E-state index contributed by atoms with van der Waals surface area (Å²) in [6, 6.07) is 9.79. The maximum atomic E-state index is 13.2. The number of anilines is 2. The Labute approximate surface area is 200 Å². The molecule has 5 rings (SSSR count). The van der Waals surface area contributed by atoms with Gasteiger partial charge in [0, 0.05) is 4.88 Å². The second kappa shape index (κ2) is 8.25. The molecule has 174 valence electrons.